The first-order valence-electron chi connectivity index (χ1n) is 5.32. The Balaban J connectivity index is 2.81. The molecule has 1 heterocycles. The van der Waals surface area contributed by atoms with Gasteiger partial charge >= 0.3 is 0 Å². The average molecular weight is 236 g/mol. The highest BCUT2D eigenvalue weighted by atomic mass is 35.5. The lowest BCUT2D eigenvalue weighted by Gasteiger charge is -2.12. The van der Waals surface area contributed by atoms with Crippen molar-refractivity contribution in [2.24, 2.45) is 0 Å². The van der Waals surface area contributed by atoms with Crippen molar-refractivity contribution in [2.45, 2.75) is 26.8 Å². The first-order valence-corrected chi connectivity index (χ1v) is 5.70. The molecule has 16 heavy (non-hydrogen) atoms. The molecule has 0 saturated carbocycles. The quantitative estimate of drug-likeness (QED) is 0.719. The molecule has 0 fully saturated rings. The fraction of sp³-hybridized carbons (Fsp3) is 0.308. The number of aromatic nitrogens is 1. The summed E-state index contributed by atoms with van der Waals surface area (Å²) in [6.45, 7) is 5.73. The van der Waals surface area contributed by atoms with Gasteiger partial charge in [0.15, 0.2) is 5.78 Å². The van der Waals surface area contributed by atoms with Gasteiger partial charge in [-0.3, -0.25) is 4.79 Å². The van der Waals surface area contributed by atoms with E-state index in [1.54, 1.807) is 6.92 Å². The minimum atomic E-state index is 0.0843. The van der Waals surface area contributed by atoms with Gasteiger partial charge in [0.25, 0.3) is 0 Å². The largest absolute Gasteiger partial charge is 0.336 e. The molecule has 0 radical (unpaired) electrons. The molecule has 84 valence electrons. The summed E-state index contributed by atoms with van der Waals surface area (Å²) >= 11 is 5.95. The molecule has 0 N–H and O–H groups in total. The maximum absolute atomic E-state index is 11.6. The van der Waals surface area contributed by atoms with Gasteiger partial charge in [-0.25, -0.2) is 0 Å². The Labute approximate surface area is 99.8 Å². The molecule has 0 spiro atoms. The van der Waals surface area contributed by atoms with E-state index < -0.39 is 0 Å². The number of ketones is 1. The Hall–Kier alpha value is -1.28. The number of fused-ring (bicyclic) bond motifs is 1. The first-order chi connectivity index (χ1) is 7.50. The van der Waals surface area contributed by atoms with E-state index in [0.717, 1.165) is 16.6 Å². The van der Waals surface area contributed by atoms with Crippen molar-refractivity contribution in [2.75, 3.05) is 0 Å². The van der Waals surface area contributed by atoms with Crippen molar-refractivity contribution < 1.29 is 4.79 Å². The van der Waals surface area contributed by atoms with Crippen molar-refractivity contribution in [3.05, 3.63) is 35.0 Å². The zero-order valence-electron chi connectivity index (χ0n) is 9.62. The van der Waals surface area contributed by atoms with Gasteiger partial charge in [0.05, 0.1) is 5.69 Å². The van der Waals surface area contributed by atoms with E-state index in [4.69, 9.17) is 11.6 Å². The van der Waals surface area contributed by atoms with Gasteiger partial charge in [-0.2, -0.15) is 0 Å². The molecule has 3 heteroatoms. The van der Waals surface area contributed by atoms with Gasteiger partial charge in [0, 0.05) is 28.9 Å². The third kappa shape index (κ3) is 1.74. The van der Waals surface area contributed by atoms with E-state index in [2.05, 4.69) is 13.8 Å². The smallest absolute Gasteiger partial charge is 0.176 e. The van der Waals surface area contributed by atoms with Gasteiger partial charge < -0.3 is 4.57 Å². The maximum Gasteiger partial charge on any atom is 0.176 e. The number of rotatable bonds is 2. The summed E-state index contributed by atoms with van der Waals surface area (Å²) < 4.78 is 2.05. The molecule has 2 nitrogen and oxygen atoms in total. The van der Waals surface area contributed by atoms with Crippen LogP contribution in [-0.2, 0) is 0 Å². The van der Waals surface area contributed by atoms with Crippen molar-refractivity contribution in [3.63, 3.8) is 0 Å². The normalized spacial score (nSPS) is 11.3. The summed E-state index contributed by atoms with van der Waals surface area (Å²) in [5.41, 5.74) is 1.80. The minimum absolute atomic E-state index is 0.0843. The van der Waals surface area contributed by atoms with E-state index >= 15 is 0 Å². The second-order valence-electron chi connectivity index (χ2n) is 4.25. The van der Waals surface area contributed by atoms with Crippen molar-refractivity contribution in [1.29, 1.82) is 0 Å². The van der Waals surface area contributed by atoms with Crippen LogP contribution in [0.4, 0.5) is 0 Å². The minimum Gasteiger partial charge on any atom is -0.336 e. The van der Waals surface area contributed by atoms with E-state index in [1.807, 2.05) is 28.8 Å². The number of halogens is 1. The van der Waals surface area contributed by atoms with Crippen molar-refractivity contribution in [1.82, 2.24) is 4.57 Å². The Morgan fingerprint density at radius 1 is 1.31 bits per heavy atom. The van der Waals surface area contributed by atoms with Crippen LogP contribution in [0.1, 0.15) is 37.3 Å². The lowest BCUT2D eigenvalue weighted by Crippen LogP contribution is -2.08. The predicted molar refractivity (Wildman–Crippen MR) is 67.3 cm³/mol. The number of carbonyl (C=O) groups excluding carboxylic acids is 1. The van der Waals surface area contributed by atoms with E-state index in [9.17, 15) is 4.79 Å². The Kier molecular flexibility index (Phi) is 2.76. The van der Waals surface area contributed by atoms with E-state index in [-0.39, 0.29) is 11.8 Å². The third-order valence-corrected chi connectivity index (χ3v) is 2.91. The van der Waals surface area contributed by atoms with Crippen LogP contribution in [0.2, 0.25) is 5.02 Å². The molecular formula is C13H14ClNO. The summed E-state index contributed by atoms with van der Waals surface area (Å²) in [5, 5.41) is 1.72. The molecule has 1 aromatic heterocycles. The van der Waals surface area contributed by atoms with Crippen molar-refractivity contribution in [3.8, 4) is 0 Å². The molecule has 0 unspecified atom stereocenters. The molecule has 0 aliphatic heterocycles. The number of nitrogens with zero attached hydrogens (tertiary/aromatic N) is 1. The average Bonchev–Trinajstić information content (AvgIpc) is 2.55. The number of hydrogen-bond acceptors (Lipinski definition) is 1. The first kappa shape index (κ1) is 11.2. The lowest BCUT2D eigenvalue weighted by molar-refractivity contribution is 0.100. The van der Waals surface area contributed by atoms with Crippen LogP contribution in [0.15, 0.2) is 24.3 Å². The molecule has 0 aliphatic rings. The fourth-order valence-electron chi connectivity index (χ4n) is 2.03. The van der Waals surface area contributed by atoms with Gasteiger partial charge in [-0.05, 0) is 38.1 Å². The van der Waals surface area contributed by atoms with Crippen LogP contribution in [0.5, 0.6) is 0 Å². The number of benzene rings is 1. The molecule has 0 saturated heterocycles. The van der Waals surface area contributed by atoms with Crippen LogP contribution >= 0.6 is 11.6 Å². The zero-order chi connectivity index (χ0) is 11.9. The second-order valence-corrected chi connectivity index (χ2v) is 4.69. The third-order valence-electron chi connectivity index (χ3n) is 2.68. The van der Waals surface area contributed by atoms with E-state index in [1.165, 1.54) is 0 Å². The summed E-state index contributed by atoms with van der Waals surface area (Å²) in [5.74, 6) is 0.0843. The molecule has 0 aliphatic carbocycles. The molecule has 2 rings (SSSR count). The van der Waals surface area contributed by atoms with Crippen LogP contribution in [-0.4, -0.2) is 10.4 Å². The van der Waals surface area contributed by atoms with Crippen LogP contribution in [0, 0.1) is 0 Å². The van der Waals surface area contributed by atoms with Crippen LogP contribution < -0.4 is 0 Å². The number of carbonyl (C=O) groups is 1. The van der Waals surface area contributed by atoms with Gasteiger partial charge in [-0.15, -0.1) is 0 Å². The molecular weight excluding hydrogens is 222 g/mol. The number of hydrogen-bond donors (Lipinski definition) is 0. The molecule has 0 amide bonds. The standard InChI is InChI=1S/C13H14ClNO/c1-8(2)15-12-5-4-11(14)6-10(12)7-13(15)9(3)16/h4-8H,1-3H3. The van der Waals surface area contributed by atoms with Gasteiger partial charge in [0.1, 0.15) is 0 Å². The molecule has 2 aromatic rings. The highest BCUT2D eigenvalue weighted by Gasteiger charge is 2.14. The van der Waals surface area contributed by atoms with Gasteiger partial charge in [0.2, 0.25) is 0 Å². The van der Waals surface area contributed by atoms with Crippen LogP contribution in [0.3, 0.4) is 0 Å². The Bertz CT molecular complexity index is 554. The molecule has 0 atom stereocenters. The zero-order valence-corrected chi connectivity index (χ0v) is 10.4. The second kappa shape index (κ2) is 3.95. The summed E-state index contributed by atoms with van der Waals surface area (Å²) in [7, 11) is 0. The van der Waals surface area contributed by atoms with Gasteiger partial charge in [-0.1, -0.05) is 11.6 Å². The monoisotopic (exact) mass is 235 g/mol. The SMILES string of the molecule is CC(=O)c1cc2cc(Cl)ccc2n1C(C)C. The Morgan fingerprint density at radius 3 is 2.56 bits per heavy atom. The van der Waals surface area contributed by atoms with Crippen molar-refractivity contribution >= 4 is 28.3 Å². The highest BCUT2D eigenvalue weighted by molar-refractivity contribution is 6.31. The molecule has 1 aromatic carbocycles. The topological polar surface area (TPSA) is 22.0 Å². The number of Topliss-reactive ketones (excluding diaryl/α,β-unsaturated/α-hetero) is 1. The summed E-state index contributed by atoms with van der Waals surface area (Å²) in [6, 6.07) is 7.88. The summed E-state index contributed by atoms with van der Waals surface area (Å²) in [6.07, 6.45) is 0. The molecule has 0 bridgehead atoms. The lowest BCUT2D eigenvalue weighted by atomic mass is 10.2. The predicted octanol–water partition coefficient (Wildman–Crippen LogP) is 4.08. The summed E-state index contributed by atoms with van der Waals surface area (Å²) in [4.78, 5) is 11.6. The maximum atomic E-state index is 11.6. The highest BCUT2D eigenvalue weighted by Crippen LogP contribution is 2.26. The fourth-order valence-corrected chi connectivity index (χ4v) is 2.22. The Morgan fingerprint density at radius 2 is 2.00 bits per heavy atom. The van der Waals surface area contributed by atoms with Crippen LogP contribution in [0.25, 0.3) is 10.9 Å². The van der Waals surface area contributed by atoms with E-state index in [0.29, 0.717) is 5.02 Å².